The molecule has 1 heterocycles. The van der Waals surface area contributed by atoms with E-state index >= 15 is 0 Å². The molecule has 0 saturated heterocycles. The number of aryl methyl sites for hydroxylation is 2. The first-order chi connectivity index (χ1) is 9.19. The summed E-state index contributed by atoms with van der Waals surface area (Å²) < 4.78 is 4.92. The van der Waals surface area contributed by atoms with Crippen LogP contribution in [0.15, 0.2) is 0 Å². The third kappa shape index (κ3) is 8.58. The fraction of sp³-hybridized carbons (Fsp3) is 0.692. The van der Waals surface area contributed by atoms with Crippen LogP contribution in [0.5, 0.6) is 0 Å². The van der Waals surface area contributed by atoms with Gasteiger partial charge in [0.05, 0.1) is 17.3 Å². The zero-order valence-corrected chi connectivity index (χ0v) is 15.2. The highest BCUT2D eigenvalue weighted by molar-refractivity contribution is 7.13. The summed E-state index contributed by atoms with van der Waals surface area (Å²) in [4.78, 5) is 17.1. The van der Waals surface area contributed by atoms with Crippen molar-refractivity contribution in [2.24, 2.45) is 0 Å². The van der Waals surface area contributed by atoms with Gasteiger partial charge in [-0.3, -0.25) is 4.79 Å². The normalized spacial score (nSPS) is 9.67. The van der Waals surface area contributed by atoms with E-state index in [1.54, 1.807) is 7.11 Å². The van der Waals surface area contributed by atoms with Gasteiger partial charge in [0.1, 0.15) is 4.88 Å². The lowest BCUT2D eigenvalue weighted by Gasteiger charge is -2.05. The van der Waals surface area contributed by atoms with Crippen LogP contribution in [-0.4, -0.2) is 44.2 Å². The van der Waals surface area contributed by atoms with Crippen molar-refractivity contribution in [3.8, 4) is 0 Å². The Kier molecular flexibility index (Phi) is 14.5. The van der Waals surface area contributed by atoms with Crippen LogP contribution in [0.2, 0.25) is 0 Å². The zero-order chi connectivity index (χ0) is 14.1. The van der Waals surface area contributed by atoms with Gasteiger partial charge in [-0.05, 0) is 19.8 Å². The number of nitrogens with zero attached hydrogens (tertiary/aromatic N) is 1. The fourth-order valence-electron chi connectivity index (χ4n) is 1.63. The van der Waals surface area contributed by atoms with Crippen LogP contribution in [-0.2, 0) is 11.2 Å². The molecule has 1 aromatic heterocycles. The molecular weight excluding hydrogens is 333 g/mol. The lowest BCUT2D eigenvalue weighted by molar-refractivity contribution is 0.0957. The van der Waals surface area contributed by atoms with Gasteiger partial charge in [-0.25, -0.2) is 4.98 Å². The van der Waals surface area contributed by atoms with E-state index in [4.69, 9.17) is 4.74 Å². The van der Waals surface area contributed by atoms with Gasteiger partial charge in [0.25, 0.3) is 5.91 Å². The molecular formula is C13H25Cl2N3O2S. The molecule has 0 spiro atoms. The highest BCUT2D eigenvalue weighted by Gasteiger charge is 2.14. The summed E-state index contributed by atoms with van der Waals surface area (Å²) in [7, 11) is 1.67. The number of aromatic nitrogens is 1. The molecule has 0 aromatic carbocycles. The third-order valence-electron chi connectivity index (χ3n) is 2.58. The maximum atomic E-state index is 12.0. The van der Waals surface area contributed by atoms with Crippen molar-refractivity contribution >= 4 is 42.1 Å². The third-order valence-corrected chi connectivity index (χ3v) is 3.80. The Morgan fingerprint density at radius 1 is 1.29 bits per heavy atom. The summed E-state index contributed by atoms with van der Waals surface area (Å²) in [6.45, 7) is 6.84. The molecule has 5 nitrogen and oxygen atoms in total. The first-order valence-corrected chi connectivity index (χ1v) is 7.44. The number of carbonyl (C=O) groups is 1. The maximum Gasteiger partial charge on any atom is 0.263 e. The Labute approximate surface area is 143 Å². The number of carbonyl (C=O) groups excluding carboxylic acids is 1. The zero-order valence-electron chi connectivity index (χ0n) is 12.7. The number of ether oxygens (including phenoxy) is 1. The monoisotopic (exact) mass is 357 g/mol. The second-order valence-corrected chi connectivity index (χ2v) is 5.35. The molecule has 1 amide bonds. The van der Waals surface area contributed by atoms with Crippen LogP contribution >= 0.6 is 36.2 Å². The van der Waals surface area contributed by atoms with E-state index < -0.39 is 0 Å². The van der Waals surface area contributed by atoms with E-state index in [1.807, 2.05) is 6.92 Å². The van der Waals surface area contributed by atoms with E-state index in [-0.39, 0.29) is 30.7 Å². The van der Waals surface area contributed by atoms with Crippen LogP contribution in [0.3, 0.4) is 0 Å². The van der Waals surface area contributed by atoms with Gasteiger partial charge in [-0.15, -0.1) is 36.2 Å². The fourth-order valence-corrected chi connectivity index (χ4v) is 2.71. The van der Waals surface area contributed by atoms with Gasteiger partial charge in [-0.2, -0.15) is 0 Å². The highest BCUT2D eigenvalue weighted by atomic mass is 35.5. The first kappa shape index (κ1) is 22.9. The molecule has 1 rings (SSSR count). The van der Waals surface area contributed by atoms with Crippen molar-refractivity contribution in [3.05, 3.63) is 15.6 Å². The van der Waals surface area contributed by atoms with Crippen LogP contribution in [0, 0.1) is 6.92 Å². The molecule has 0 saturated carbocycles. The maximum absolute atomic E-state index is 12.0. The Bertz CT molecular complexity index is 403. The number of amides is 1. The number of hydrogen-bond donors (Lipinski definition) is 2. The van der Waals surface area contributed by atoms with Crippen LogP contribution in [0.4, 0.5) is 0 Å². The van der Waals surface area contributed by atoms with E-state index in [0.717, 1.165) is 41.5 Å². The molecule has 0 bridgehead atoms. The van der Waals surface area contributed by atoms with E-state index in [9.17, 15) is 4.79 Å². The van der Waals surface area contributed by atoms with Gasteiger partial charge < -0.3 is 15.4 Å². The van der Waals surface area contributed by atoms with Crippen molar-refractivity contribution in [2.45, 2.75) is 26.7 Å². The number of hydrogen-bond acceptors (Lipinski definition) is 5. The Morgan fingerprint density at radius 2 is 2.00 bits per heavy atom. The SMILES string of the molecule is CCCc1nc(C)c(C(=O)NCCNCCOC)s1.Cl.Cl. The molecule has 0 aliphatic heterocycles. The lowest BCUT2D eigenvalue weighted by atomic mass is 10.3. The van der Waals surface area contributed by atoms with Crippen LogP contribution < -0.4 is 10.6 Å². The van der Waals surface area contributed by atoms with E-state index in [1.165, 1.54) is 11.3 Å². The predicted octanol–water partition coefficient (Wildman–Crippen LogP) is 2.21. The second kappa shape index (κ2) is 13.3. The number of methoxy groups -OCH3 is 1. The molecule has 21 heavy (non-hydrogen) atoms. The standard InChI is InChI=1S/C13H23N3O2S.2ClH/c1-4-5-11-16-10(2)12(19-11)13(17)15-7-6-14-8-9-18-3;;/h14H,4-9H2,1-3H3,(H,15,17);2*1H. The van der Waals surface area contributed by atoms with Gasteiger partial charge in [-0.1, -0.05) is 6.92 Å². The highest BCUT2D eigenvalue weighted by Crippen LogP contribution is 2.18. The largest absolute Gasteiger partial charge is 0.383 e. The number of halogens is 2. The first-order valence-electron chi connectivity index (χ1n) is 6.63. The van der Waals surface area contributed by atoms with Crippen molar-refractivity contribution < 1.29 is 9.53 Å². The van der Waals surface area contributed by atoms with Crippen molar-refractivity contribution in [1.29, 1.82) is 0 Å². The van der Waals surface area contributed by atoms with Crippen LogP contribution in [0.25, 0.3) is 0 Å². The molecule has 0 aliphatic rings. The topological polar surface area (TPSA) is 63.2 Å². The van der Waals surface area contributed by atoms with Crippen molar-refractivity contribution in [1.82, 2.24) is 15.6 Å². The van der Waals surface area contributed by atoms with Gasteiger partial charge >= 0.3 is 0 Å². The molecule has 8 heteroatoms. The van der Waals surface area contributed by atoms with Gasteiger partial charge in [0.15, 0.2) is 0 Å². The van der Waals surface area contributed by atoms with Gasteiger partial charge in [0, 0.05) is 26.7 Å². The van der Waals surface area contributed by atoms with Gasteiger partial charge in [0.2, 0.25) is 0 Å². The molecule has 0 aliphatic carbocycles. The molecule has 2 N–H and O–H groups in total. The summed E-state index contributed by atoms with van der Waals surface area (Å²) in [6.07, 6.45) is 1.99. The second-order valence-electron chi connectivity index (χ2n) is 4.27. The van der Waals surface area contributed by atoms with E-state index in [0.29, 0.717) is 13.2 Å². The van der Waals surface area contributed by atoms with Crippen molar-refractivity contribution in [2.75, 3.05) is 33.4 Å². The molecule has 0 atom stereocenters. The summed E-state index contributed by atoms with van der Waals surface area (Å²) in [5.41, 5.74) is 0.832. The smallest absolute Gasteiger partial charge is 0.263 e. The quantitative estimate of drug-likeness (QED) is 0.665. The average Bonchev–Trinajstić information content (AvgIpc) is 2.75. The summed E-state index contributed by atoms with van der Waals surface area (Å²) >= 11 is 1.50. The summed E-state index contributed by atoms with van der Waals surface area (Å²) in [6, 6.07) is 0. The molecule has 0 radical (unpaired) electrons. The minimum absolute atomic E-state index is 0. The molecule has 0 fully saturated rings. The minimum atomic E-state index is -0.0223. The predicted molar refractivity (Wildman–Crippen MR) is 92.4 cm³/mol. The average molecular weight is 358 g/mol. The van der Waals surface area contributed by atoms with Crippen LogP contribution in [0.1, 0.15) is 33.7 Å². The number of nitrogens with one attached hydrogen (secondary N) is 2. The molecule has 1 aromatic rings. The summed E-state index contributed by atoms with van der Waals surface area (Å²) in [5, 5.41) is 7.13. The molecule has 0 unspecified atom stereocenters. The Hall–Kier alpha value is -0.400. The van der Waals surface area contributed by atoms with E-state index in [2.05, 4.69) is 22.5 Å². The molecule has 124 valence electrons. The lowest BCUT2D eigenvalue weighted by Crippen LogP contribution is -2.33. The Morgan fingerprint density at radius 3 is 2.62 bits per heavy atom. The Balaban J connectivity index is 0. The number of rotatable bonds is 9. The van der Waals surface area contributed by atoms with Crippen molar-refractivity contribution in [3.63, 3.8) is 0 Å². The number of thiazole rings is 1. The minimum Gasteiger partial charge on any atom is -0.383 e. The summed E-state index contributed by atoms with van der Waals surface area (Å²) in [5.74, 6) is -0.0223.